The third-order valence-electron chi connectivity index (χ3n) is 3.81. The molecule has 1 unspecified atom stereocenters. The number of amides is 1. The van der Waals surface area contributed by atoms with Gasteiger partial charge in [-0.2, -0.15) is 23.3 Å². The van der Waals surface area contributed by atoms with Gasteiger partial charge in [0, 0.05) is 15.6 Å². The lowest BCUT2D eigenvalue weighted by atomic mass is 9.96. The average molecular weight is 413 g/mol. The number of alkyl halides is 3. The van der Waals surface area contributed by atoms with Gasteiger partial charge in [0.25, 0.3) is 5.91 Å². The third kappa shape index (κ3) is 3.32. The molecule has 0 radical (unpaired) electrons. The van der Waals surface area contributed by atoms with Crippen LogP contribution in [0.15, 0.2) is 64.2 Å². The monoisotopic (exact) mass is 412 g/mol. The highest BCUT2D eigenvalue weighted by Gasteiger charge is 2.53. The van der Waals surface area contributed by atoms with Gasteiger partial charge in [-0.1, -0.05) is 52.3 Å². The molecule has 2 aromatic rings. The van der Waals surface area contributed by atoms with E-state index in [4.69, 9.17) is 0 Å². The van der Waals surface area contributed by atoms with Crippen molar-refractivity contribution in [3.8, 4) is 0 Å². The summed E-state index contributed by atoms with van der Waals surface area (Å²) in [7, 11) is 0. The Morgan fingerprint density at radius 1 is 1.16 bits per heavy atom. The van der Waals surface area contributed by atoms with Gasteiger partial charge in [0.1, 0.15) is 5.71 Å². The topological polar surface area (TPSA) is 52.9 Å². The van der Waals surface area contributed by atoms with Gasteiger partial charge >= 0.3 is 6.18 Å². The van der Waals surface area contributed by atoms with E-state index in [1.807, 2.05) is 0 Å². The lowest BCUT2D eigenvalue weighted by Crippen LogP contribution is -2.43. The zero-order chi connectivity index (χ0) is 18.2. The standard InChI is InChI=1S/C17H12BrF3N2O2/c18-13-8-4-5-11(9-13)15(24)23-16(25,12-6-2-1-3-7-12)10-14(22-23)17(19,20)21/h1-9,25H,10H2. The van der Waals surface area contributed by atoms with Crippen molar-refractivity contribution < 1.29 is 23.1 Å². The molecule has 1 heterocycles. The number of hydrazone groups is 1. The van der Waals surface area contributed by atoms with Gasteiger partial charge in [0.2, 0.25) is 0 Å². The number of rotatable bonds is 2. The molecule has 1 aliphatic rings. The molecule has 130 valence electrons. The minimum atomic E-state index is -4.74. The van der Waals surface area contributed by atoms with Crippen LogP contribution in [0.2, 0.25) is 0 Å². The number of carbonyl (C=O) groups is 1. The number of nitrogens with zero attached hydrogens (tertiary/aromatic N) is 2. The van der Waals surface area contributed by atoms with Crippen LogP contribution in [0.4, 0.5) is 13.2 Å². The zero-order valence-corrected chi connectivity index (χ0v) is 14.3. The van der Waals surface area contributed by atoms with Crippen LogP contribution >= 0.6 is 15.9 Å². The summed E-state index contributed by atoms with van der Waals surface area (Å²) >= 11 is 3.21. The lowest BCUT2D eigenvalue weighted by molar-refractivity contribution is -0.0816. The van der Waals surface area contributed by atoms with E-state index in [2.05, 4.69) is 21.0 Å². The van der Waals surface area contributed by atoms with Crippen LogP contribution < -0.4 is 0 Å². The number of hydrogen-bond donors (Lipinski definition) is 1. The van der Waals surface area contributed by atoms with Crippen LogP contribution in [0.3, 0.4) is 0 Å². The lowest BCUT2D eigenvalue weighted by Gasteiger charge is -2.31. The van der Waals surface area contributed by atoms with E-state index < -0.39 is 29.9 Å². The van der Waals surface area contributed by atoms with Crippen molar-refractivity contribution in [1.29, 1.82) is 0 Å². The highest BCUT2D eigenvalue weighted by molar-refractivity contribution is 9.10. The normalized spacial score (nSPS) is 20.5. The molecule has 3 rings (SSSR count). The van der Waals surface area contributed by atoms with Gasteiger partial charge in [-0.3, -0.25) is 4.79 Å². The second kappa shape index (κ2) is 6.27. The van der Waals surface area contributed by atoms with Gasteiger partial charge in [-0.15, -0.1) is 0 Å². The molecule has 0 saturated heterocycles. The molecule has 1 N–H and O–H groups in total. The maximum atomic E-state index is 13.1. The number of carbonyl (C=O) groups excluding carboxylic acids is 1. The van der Waals surface area contributed by atoms with E-state index in [1.54, 1.807) is 30.3 Å². The van der Waals surface area contributed by atoms with Crippen LogP contribution in [-0.2, 0) is 5.72 Å². The predicted molar refractivity (Wildman–Crippen MR) is 88.8 cm³/mol. The summed E-state index contributed by atoms with van der Waals surface area (Å²) in [5, 5.41) is 14.8. The molecule has 4 nitrogen and oxygen atoms in total. The number of aliphatic hydroxyl groups is 1. The molecule has 0 spiro atoms. The number of halogens is 4. The van der Waals surface area contributed by atoms with Crippen molar-refractivity contribution in [1.82, 2.24) is 5.01 Å². The molecule has 0 saturated carbocycles. The Morgan fingerprint density at radius 2 is 1.84 bits per heavy atom. The van der Waals surface area contributed by atoms with Gasteiger partial charge in [-0.05, 0) is 18.2 Å². The van der Waals surface area contributed by atoms with Crippen molar-refractivity contribution in [2.45, 2.75) is 18.3 Å². The highest BCUT2D eigenvalue weighted by atomic mass is 79.9. The molecule has 25 heavy (non-hydrogen) atoms. The summed E-state index contributed by atoms with van der Waals surface area (Å²) in [6, 6.07) is 13.9. The molecular weight excluding hydrogens is 401 g/mol. The van der Waals surface area contributed by atoms with Crippen LogP contribution in [0.1, 0.15) is 22.3 Å². The average Bonchev–Trinajstić information content (AvgIpc) is 2.94. The first-order chi connectivity index (χ1) is 11.7. The fraction of sp³-hybridized carbons (Fsp3) is 0.176. The third-order valence-corrected chi connectivity index (χ3v) is 4.31. The minimum absolute atomic E-state index is 0.107. The summed E-state index contributed by atoms with van der Waals surface area (Å²) in [5.41, 5.74) is -3.15. The van der Waals surface area contributed by atoms with Crippen LogP contribution in [-0.4, -0.2) is 27.9 Å². The molecule has 0 aromatic heterocycles. The van der Waals surface area contributed by atoms with E-state index in [0.29, 0.717) is 9.48 Å². The quantitative estimate of drug-likeness (QED) is 0.808. The number of hydrogen-bond acceptors (Lipinski definition) is 3. The molecule has 8 heteroatoms. The van der Waals surface area contributed by atoms with E-state index in [0.717, 1.165) is 0 Å². The van der Waals surface area contributed by atoms with E-state index in [1.165, 1.54) is 24.3 Å². The molecule has 1 aliphatic heterocycles. The van der Waals surface area contributed by atoms with E-state index >= 15 is 0 Å². The second-order valence-electron chi connectivity index (χ2n) is 5.53. The highest BCUT2D eigenvalue weighted by Crippen LogP contribution is 2.40. The van der Waals surface area contributed by atoms with Crippen LogP contribution in [0.5, 0.6) is 0 Å². The smallest absolute Gasteiger partial charge is 0.365 e. The maximum absolute atomic E-state index is 13.1. The molecule has 2 aromatic carbocycles. The van der Waals surface area contributed by atoms with Crippen LogP contribution in [0, 0.1) is 0 Å². The van der Waals surface area contributed by atoms with E-state index in [-0.39, 0.29) is 11.1 Å². The van der Waals surface area contributed by atoms with Crippen molar-refractivity contribution in [3.63, 3.8) is 0 Å². The van der Waals surface area contributed by atoms with Crippen molar-refractivity contribution >= 4 is 27.5 Å². The number of benzene rings is 2. The first-order valence-corrected chi connectivity index (χ1v) is 8.04. The zero-order valence-electron chi connectivity index (χ0n) is 12.7. The van der Waals surface area contributed by atoms with Gasteiger partial charge < -0.3 is 5.11 Å². The Labute approximate surface area is 149 Å². The maximum Gasteiger partial charge on any atom is 0.431 e. The first-order valence-electron chi connectivity index (χ1n) is 7.24. The molecule has 1 atom stereocenters. The Bertz CT molecular complexity index is 839. The van der Waals surface area contributed by atoms with Crippen molar-refractivity contribution in [2.75, 3.05) is 0 Å². The van der Waals surface area contributed by atoms with Crippen LogP contribution in [0.25, 0.3) is 0 Å². The first kappa shape index (κ1) is 17.6. The molecule has 0 fully saturated rings. The van der Waals surface area contributed by atoms with E-state index in [9.17, 15) is 23.1 Å². The summed E-state index contributed by atoms with van der Waals surface area (Å²) < 4.78 is 40.0. The Balaban J connectivity index is 2.08. The molecule has 1 amide bonds. The van der Waals surface area contributed by atoms with Gasteiger partial charge in [-0.25, -0.2) is 0 Å². The summed E-state index contributed by atoms with van der Waals surface area (Å²) in [5.74, 6) is -0.827. The molecule has 0 bridgehead atoms. The predicted octanol–water partition coefficient (Wildman–Crippen LogP) is 4.06. The minimum Gasteiger partial charge on any atom is -0.365 e. The Hall–Kier alpha value is -2.19. The van der Waals surface area contributed by atoms with Gasteiger partial charge in [0.15, 0.2) is 5.72 Å². The summed E-state index contributed by atoms with van der Waals surface area (Å²) in [4.78, 5) is 12.7. The molecular formula is C17H12BrF3N2O2. The Kier molecular flexibility index (Phi) is 4.42. The fourth-order valence-electron chi connectivity index (χ4n) is 2.59. The van der Waals surface area contributed by atoms with Gasteiger partial charge in [0.05, 0.1) is 6.42 Å². The SMILES string of the molecule is O=C(c1cccc(Br)c1)N1N=C(C(F)(F)F)CC1(O)c1ccccc1. The Morgan fingerprint density at radius 3 is 2.44 bits per heavy atom. The van der Waals surface area contributed by atoms with Crippen molar-refractivity contribution in [3.05, 3.63) is 70.2 Å². The van der Waals surface area contributed by atoms with Crippen molar-refractivity contribution in [2.24, 2.45) is 5.10 Å². The summed E-state index contributed by atoms with van der Waals surface area (Å²) in [6.45, 7) is 0. The second-order valence-corrected chi connectivity index (χ2v) is 6.45. The molecule has 0 aliphatic carbocycles. The largest absolute Gasteiger partial charge is 0.431 e. The summed E-state index contributed by atoms with van der Waals surface area (Å²) in [6.07, 6.45) is -5.57. The fourth-order valence-corrected chi connectivity index (χ4v) is 2.99.